The largest absolute Gasteiger partial charge is 0.504 e. The van der Waals surface area contributed by atoms with Gasteiger partial charge in [-0.2, -0.15) is 0 Å². The van der Waals surface area contributed by atoms with Crippen LogP contribution in [-0.4, -0.2) is 21.5 Å². The Morgan fingerprint density at radius 1 is 1.06 bits per heavy atom. The van der Waals surface area contributed by atoms with Gasteiger partial charge in [0.25, 0.3) is 0 Å². The maximum Gasteiger partial charge on any atom is 0.166 e. The van der Waals surface area contributed by atoms with Gasteiger partial charge >= 0.3 is 0 Å². The quantitative estimate of drug-likeness (QED) is 0.572. The Hall–Kier alpha value is -2.33. The summed E-state index contributed by atoms with van der Waals surface area (Å²) in [5, 5.41) is 27.9. The molecule has 0 radical (unpaired) electrons. The van der Waals surface area contributed by atoms with E-state index in [1.807, 2.05) is 0 Å². The second kappa shape index (κ2) is 5.33. The molecule has 0 aliphatic carbocycles. The van der Waals surface area contributed by atoms with E-state index in [4.69, 9.17) is 5.11 Å². The Bertz CT molecular complexity index is 579. The Balaban J connectivity index is 2.27. The van der Waals surface area contributed by atoms with Gasteiger partial charge in [-0.15, -0.1) is 0 Å². The highest BCUT2D eigenvalue weighted by atomic mass is 16.3. The summed E-state index contributed by atoms with van der Waals surface area (Å²) >= 11 is 0. The Morgan fingerprint density at radius 2 is 1.83 bits per heavy atom. The molecule has 2 aromatic rings. The van der Waals surface area contributed by atoms with Crippen molar-refractivity contribution in [1.82, 2.24) is 0 Å². The van der Waals surface area contributed by atoms with Crippen molar-refractivity contribution < 1.29 is 15.3 Å². The van der Waals surface area contributed by atoms with Gasteiger partial charge in [-0.1, -0.05) is 18.2 Å². The van der Waals surface area contributed by atoms with E-state index in [1.165, 1.54) is 12.3 Å². The van der Waals surface area contributed by atoms with Crippen molar-refractivity contribution in [3.63, 3.8) is 0 Å². The number of hydrogen-bond acceptors (Lipinski definition) is 4. The number of aliphatic imine (C=N–C) groups is 1. The third-order valence-electron chi connectivity index (χ3n) is 2.49. The summed E-state index contributed by atoms with van der Waals surface area (Å²) in [5.41, 5.74) is 1.87. The van der Waals surface area contributed by atoms with Gasteiger partial charge in [0.2, 0.25) is 0 Å². The molecule has 0 amide bonds. The summed E-state index contributed by atoms with van der Waals surface area (Å²) < 4.78 is 0. The third kappa shape index (κ3) is 2.67. The maximum absolute atomic E-state index is 9.60. The van der Waals surface area contributed by atoms with Gasteiger partial charge in [0.15, 0.2) is 11.5 Å². The van der Waals surface area contributed by atoms with Crippen LogP contribution >= 0.6 is 0 Å². The molecule has 0 aromatic heterocycles. The van der Waals surface area contributed by atoms with Crippen molar-refractivity contribution in [3.05, 3.63) is 53.6 Å². The fourth-order valence-electron chi connectivity index (χ4n) is 1.53. The maximum atomic E-state index is 9.60. The summed E-state index contributed by atoms with van der Waals surface area (Å²) in [4.78, 5) is 4.18. The predicted molar refractivity (Wildman–Crippen MR) is 69.4 cm³/mol. The molecule has 0 fully saturated rings. The SMILES string of the molecule is OCc1cccc(N=Cc2cccc(O)c2O)c1. The molecule has 0 bridgehead atoms. The van der Waals surface area contributed by atoms with Crippen molar-refractivity contribution in [2.45, 2.75) is 6.61 Å². The lowest BCUT2D eigenvalue weighted by Crippen LogP contribution is -1.83. The second-order valence-corrected chi connectivity index (χ2v) is 3.80. The lowest BCUT2D eigenvalue weighted by Gasteiger charge is -2.01. The summed E-state index contributed by atoms with van der Waals surface area (Å²) in [6.07, 6.45) is 1.46. The molecule has 2 aromatic carbocycles. The van der Waals surface area contributed by atoms with E-state index in [-0.39, 0.29) is 18.1 Å². The number of phenols is 2. The number of hydrogen-bond donors (Lipinski definition) is 3. The van der Waals surface area contributed by atoms with E-state index in [9.17, 15) is 10.2 Å². The monoisotopic (exact) mass is 243 g/mol. The van der Waals surface area contributed by atoms with Gasteiger partial charge in [0, 0.05) is 11.8 Å². The molecule has 18 heavy (non-hydrogen) atoms. The van der Waals surface area contributed by atoms with Crippen LogP contribution < -0.4 is 0 Å². The van der Waals surface area contributed by atoms with E-state index >= 15 is 0 Å². The molecule has 0 saturated carbocycles. The molecule has 0 saturated heterocycles. The first kappa shape index (κ1) is 12.1. The molecule has 3 N–H and O–H groups in total. The molecule has 92 valence electrons. The normalized spacial score (nSPS) is 10.9. The molecular weight excluding hydrogens is 230 g/mol. The van der Waals surface area contributed by atoms with Crippen LogP contribution in [0.15, 0.2) is 47.5 Å². The third-order valence-corrected chi connectivity index (χ3v) is 2.49. The highest BCUT2D eigenvalue weighted by molar-refractivity contribution is 5.86. The van der Waals surface area contributed by atoms with Gasteiger partial charge in [0.05, 0.1) is 12.3 Å². The highest BCUT2D eigenvalue weighted by Crippen LogP contribution is 2.27. The van der Waals surface area contributed by atoms with E-state index in [0.29, 0.717) is 11.3 Å². The zero-order chi connectivity index (χ0) is 13.0. The topological polar surface area (TPSA) is 73.1 Å². The first-order valence-corrected chi connectivity index (χ1v) is 5.45. The smallest absolute Gasteiger partial charge is 0.166 e. The van der Waals surface area contributed by atoms with Crippen LogP contribution in [0.2, 0.25) is 0 Å². The zero-order valence-corrected chi connectivity index (χ0v) is 9.61. The lowest BCUT2D eigenvalue weighted by molar-refractivity contribution is 0.282. The van der Waals surface area contributed by atoms with Gasteiger partial charge in [-0.25, -0.2) is 0 Å². The van der Waals surface area contributed by atoms with Gasteiger partial charge in [0.1, 0.15) is 0 Å². The average Bonchev–Trinajstić information content (AvgIpc) is 2.41. The fraction of sp³-hybridized carbons (Fsp3) is 0.0714. The number of aliphatic hydroxyl groups is 1. The van der Waals surface area contributed by atoms with Crippen LogP contribution in [0.3, 0.4) is 0 Å². The van der Waals surface area contributed by atoms with Crippen molar-refractivity contribution in [3.8, 4) is 11.5 Å². The van der Waals surface area contributed by atoms with Crippen LogP contribution in [0.5, 0.6) is 11.5 Å². The van der Waals surface area contributed by atoms with Crippen LogP contribution in [-0.2, 0) is 6.61 Å². The first-order valence-electron chi connectivity index (χ1n) is 5.45. The van der Waals surface area contributed by atoms with E-state index < -0.39 is 0 Å². The van der Waals surface area contributed by atoms with Crippen molar-refractivity contribution in [1.29, 1.82) is 0 Å². The number of aromatic hydroxyl groups is 2. The number of para-hydroxylation sites is 1. The highest BCUT2D eigenvalue weighted by Gasteiger charge is 2.02. The molecule has 0 heterocycles. The van der Waals surface area contributed by atoms with E-state index in [2.05, 4.69) is 4.99 Å². The minimum absolute atomic E-state index is 0.0409. The Morgan fingerprint density at radius 3 is 2.61 bits per heavy atom. The summed E-state index contributed by atoms with van der Waals surface area (Å²) in [5.74, 6) is -0.373. The Labute approximate surface area is 104 Å². The van der Waals surface area contributed by atoms with Crippen LogP contribution in [0, 0.1) is 0 Å². The molecule has 2 rings (SSSR count). The van der Waals surface area contributed by atoms with Crippen molar-refractivity contribution in [2.75, 3.05) is 0 Å². The first-order chi connectivity index (χ1) is 8.70. The molecule has 0 atom stereocenters. The number of nitrogens with zero attached hydrogens (tertiary/aromatic N) is 1. The number of phenolic OH excluding ortho intramolecular Hbond substituents is 2. The summed E-state index contributed by atoms with van der Waals surface area (Å²) in [6, 6.07) is 11.8. The average molecular weight is 243 g/mol. The van der Waals surface area contributed by atoms with E-state index in [0.717, 1.165) is 5.56 Å². The fourth-order valence-corrected chi connectivity index (χ4v) is 1.53. The van der Waals surface area contributed by atoms with Gasteiger partial charge in [-0.05, 0) is 29.8 Å². The van der Waals surface area contributed by atoms with Crippen LogP contribution in [0.25, 0.3) is 0 Å². The molecule has 0 aliphatic heterocycles. The molecule has 4 nitrogen and oxygen atoms in total. The van der Waals surface area contributed by atoms with E-state index in [1.54, 1.807) is 36.4 Å². The van der Waals surface area contributed by atoms with Crippen molar-refractivity contribution in [2.24, 2.45) is 4.99 Å². The lowest BCUT2D eigenvalue weighted by atomic mass is 10.2. The summed E-state index contributed by atoms with van der Waals surface area (Å²) in [6.45, 7) is -0.0409. The molecule has 0 aliphatic rings. The number of benzene rings is 2. The van der Waals surface area contributed by atoms with Crippen molar-refractivity contribution >= 4 is 11.9 Å². The van der Waals surface area contributed by atoms with Gasteiger partial charge < -0.3 is 15.3 Å². The minimum Gasteiger partial charge on any atom is -0.504 e. The zero-order valence-electron chi connectivity index (χ0n) is 9.61. The molecular formula is C14H13NO3. The minimum atomic E-state index is -0.195. The molecule has 0 unspecified atom stereocenters. The second-order valence-electron chi connectivity index (χ2n) is 3.80. The number of aliphatic hydroxyl groups excluding tert-OH is 1. The summed E-state index contributed by atoms with van der Waals surface area (Å²) in [7, 11) is 0. The van der Waals surface area contributed by atoms with Crippen LogP contribution in [0.4, 0.5) is 5.69 Å². The van der Waals surface area contributed by atoms with Crippen LogP contribution in [0.1, 0.15) is 11.1 Å². The molecule has 4 heteroatoms. The van der Waals surface area contributed by atoms with Gasteiger partial charge in [-0.3, -0.25) is 4.99 Å². The molecule has 0 spiro atoms. The standard InChI is InChI=1S/C14H13NO3/c16-9-10-3-1-5-12(7-10)15-8-11-4-2-6-13(17)14(11)18/h1-8,16-18H,9H2. The Kier molecular flexibility index (Phi) is 3.60. The number of rotatable bonds is 3. The predicted octanol–water partition coefficient (Wildman–Crippen LogP) is 2.34.